The number of furan rings is 1. The van der Waals surface area contributed by atoms with Crippen molar-refractivity contribution < 1.29 is 28.6 Å². The number of rotatable bonds is 9. The molecule has 4 saturated carbocycles. The van der Waals surface area contributed by atoms with E-state index < -0.39 is 18.1 Å². The van der Waals surface area contributed by atoms with Gasteiger partial charge in [-0.2, -0.15) is 0 Å². The summed E-state index contributed by atoms with van der Waals surface area (Å²) in [6, 6.07) is 6.52. The van der Waals surface area contributed by atoms with Crippen LogP contribution in [0.3, 0.4) is 0 Å². The molecule has 7 rings (SSSR count). The minimum Gasteiger partial charge on any atom is -0.481 e. The third-order valence-corrected chi connectivity index (χ3v) is 9.08. The van der Waals surface area contributed by atoms with Gasteiger partial charge in [0.15, 0.2) is 5.96 Å². The van der Waals surface area contributed by atoms with E-state index in [-0.39, 0.29) is 17.7 Å². The monoisotopic (exact) mass is 550 g/mol. The third kappa shape index (κ3) is 6.10. The van der Waals surface area contributed by atoms with Gasteiger partial charge in [0.1, 0.15) is 17.4 Å². The van der Waals surface area contributed by atoms with E-state index in [0.717, 1.165) is 60.9 Å². The first kappa shape index (κ1) is 26.7. The van der Waals surface area contributed by atoms with E-state index in [1.165, 1.54) is 19.3 Å². The topological polar surface area (TPSA) is 142 Å². The summed E-state index contributed by atoms with van der Waals surface area (Å²) >= 11 is 0. The summed E-state index contributed by atoms with van der Waals surface area (Å²) in [6.07, 6.45) is 8.21. The Kier molecular flexibility index (Phi) is 7.42. The molecule has 1 atom stereocenters. The first-order chi connectivity index (χ1) is 19.3. The number of hydrogen-bond acceptors (Lipinski definition) is 7. The molecule has 1 aromatic heterocycles. The number of carboxylic acid groups (broad SMARTS) is 1. The first-order valence-corrected chi connectivity index (χ1v) is 14.6. The van der Waals surface area contributed by atoms with Crippen LogP contribution in [0.4, 0.5) is 4.79 Å². The van der Waals surface area contributed by atoms with E-state index in [1.54, 1.807) is 6.07 Å². The molecule has 0 radical (unpaired) electrons. The lowest BCUT2D eigenvalue weighted by Crippen LogP contribution is -2.49. The minimum absolute atomic E-state index is 0.0847. The Labute approximate surface area is 233 Å². The van der Waals surface area contributed by atoms with Gasteiger partial charge in [-0.05, 0) is 92.9 Å². The summed E-state index contributed by atoms with van der Waals surface area (Å²) in [5.74, 6) is 2.01. The zero-order chi connectivity index (χ0) is 27.7. The van der Waals surface area contributed by atoms with Crippen LogP contribution in [0.25, 0.3) is 11.0 Å². The molecule has 40 heavy (non-hydrogen) atoms. The van der Waals surface area contributed by atoms with Crippen LogP contribution in [0.2, 0.25) is 0 Å². The molecule has 2 aromatic rings. The van der Waals surface area contributed by atoms with Gasteiger partial charge in [0.2, 0.25) is 5.91 Å². The number of aryl methyl sites for hydroxylation is 1. The van der Waals surface area contributed by atoms with Crippen LogP contribution in [-0.4, -0.2) is 48.7 Å². The van der Waals surface area contributed by atoms with E-state index in [4.69, 9.17) is 9.15 Å². The number of guanidine groups is 1. The first-order valence-electron chi connectivity index (χ1n) is 14.6. The molecule has 1 unspecified atom stereocenters. The van der Waals surface area contributed by atoms with Crippen LogP contribution in [-0.2, 0) is 20.7 Å². The average molecular weight is 551 g/mol. The van der Waals surface area contributed by atoms with Gasteiger partial charge in [0, 0.05) is 30.3 Å². The van der Waals surface area contributed by atoms with E-state index in [9.17, 15) is 19.5 Å². The van der Waals surface area contributed by atoms with Crippen molar-refractivity contribution in [3.05, 3.63) is 35.6 Å². The third-order valence-electron chi connectivity index (χ3n) is 9.08. The Morgan fingerprint density at radius 3 is 2.55 bits per heavy atom. The fraction of sp³-hybridized carbons (Fsp3) is 0.600. The molecular formula is C30H38N4O6. The fourth-order valence-corrected chi connectivity index (χ4v) is 7.78. The number of carbonyl (C=O) groups is 3. The molecule has 0 saturated heterocycles. The van der Waals surface area contributed by atoms with Gasteiger partial charge in [-0.15, -0.1) is 0 Å². The maximum absolute atomic E-state index is 12.8. The van der Waals surface area contributed by atoms with Crippen molar-refractivity contribution in [2.45, 2.75) is 70.3 Å². The Morgan fingerprint density at radius 2 is 1.88 bits per heavy atom. The average Bonchev–Trinajstić information content (AvgIpc) is 3.34. The normalized spacial score (nSPS) is 27.5. The summed E-state index contributed by atoms with van der Waals surface area (Å²) in [5.41, 5.74) is 1.62. The lowest BCUT2D eigenvalue weighted by atomic mass is 9.50. The fourth-order valence-electron chi connectivity index (χ4n) is 7.78. The van der Waals surface area contributed by atoms with Crippen molar-refractivity contribution in [1.29, 1.82) is 0 Å². The van der Waals surface area contributed by atoms with Gasteiger partial charge >= 0.3 is 12.1 Å². The second kappa shape index (κ2) is 11.1. The number of benzene rings is 1. The summed E-state index contributed by atoms with van der Waals surface area (Å²) < 4.78 is 11.7. The molecular weight excluding hydrogens is 512 g/mol. The molecule has 4 N–H and O–H groups in total. The highest BCUT2D eigenvalue weighted by Gasteiger charge is 2.51. The lowest BCUT2D eigenvalue weighted by molar-refractivity contribution is -0.137. The summed E-state index contributed by atoms with van der Waals surface area (Å²) in [6.45, 7) is 1.90. The number of ether oxygens (including phenoxy) is 1. The molecule has 10 nitrogen and oxygen atoms in total. The standard InChI is InChI=1S/C30H38N4O6/c35-26(34-28-31-6-1-7-32-28)5-3-18-2-4-24-22(11-18)12-25(40-24)23(13-27(36)37)33-29(38)39-17-30-14-19-8-20(15-30)10-21(9-19)16-30/h2,4,11-12,19-21,23H,1,3,5-10,13-17H2,(H,33,38)(H,36,37)(H2,31,32,34,35). The highest BCUT2D eigenvalue weighted by Crippen LogP contribution is 2.60. The maximum Gasteiger partial charge on any atom is 0.407 e. The number of fused-ring (bicyclic) bond motifs is 1. The van der Waals surface area contributed by atoms with Crippen molar-refractivity contribution in [2.24, 2.45) is 28.2 Å². The molecule has 10 heteroatoms. The van der Waals surface area contributed by atoms with Crippen molar-refractivity contribution in [3.8, 4) is 0 Å². The molecule has 4 bridgehead atoms. The van der Waals surface area contributed by atoms with Gasteiger partial charge in [0.05, 0.1) is 13.0 Å². The Balaban J connectivity index is 1.07. The molecule has 2 heterocycles. The maximum atomic E-state index is 12.8. The SMILES string of the molecule is O=C(O)CC(NC(=O)OCC12CC3CC(CC(C3)C1)C2)c1cc2cc(CCC(=O)NC3=NCCCN3)ccc2o1. The smallest absolute Gasteiger partial charge is 0.407 e. The molecule has 1 aromatic carbocycles. The Morgan fingerprint density at radius 1 is 1.12 bits per heavy atom. The lowest BCUT2D eigenvalue weighted by Gasteiger charge is -2.56. The van der Waals surface area contributed by atoms with Crippen LogP contribution in [0.15, 0.2) is 33.7 Å². The number of amides is 2. The number of alkyl carbamates (subject to hydrolysis) is 1. The number of nitrogens with one attached hydrogen (secondary N) is 3. The number of nitrogens with zero attached hydrogens (tertiary/aromatic N) is 1. The summed E-state index contributed by atoms with van der Waals surface area (Å²) in [4.78, 5) is 41.1. The minimum atomic E-state index is -1.05. The molecule has 5 aliphatic rings. The highest BCUT2D eigenvalue weighted by molar-refractivity contribution is 5.97. The zero-order valence-corrected chi connectivity index (χ0v) is 22.7. The predicted octanol–water partition coefficient (Wildman–Crippen LogP) is 4.29. The van der Waals surface area contributed by atoms with Gasteiger partial charge in [-0.3, -0.25) is 19.9 Å². The van der Waals surface area contributed by atoms with Crippen LogP contribution >= 0.6 is 0 Å². The predicted molar refractivity (Wildman–Crippen MR) is 148 cm³/mol. The second-order valence-electron chi connectivity index (χ2n) is 12.4. The largest absolute Gasteiger partial charge is 0.481 e. The van der Waals surface area contributed by atoms with Crippen molar-refractivity contribution in [2.75, 3.05) is 19.7 Å². The number of hydrogen-bond donors (Lipinski definition) is 4. The van der Waals surface area contributed by atoms with Crippen molar-refractivity contribution in [3.63, 3.8) is 0 Å². The van der Waals surface area contributed by atoms with Crippen molar-refractivity contribution in [1.82, 2.24) is 16.0 Å². The molecule has 2 amide bonds. The highest BCUT2D eigenvalue weighted by atomic mass is 16.5. The van der Waals surface area contributed by atoms with E-state index >= 15 is 0 Å². The van der Waals surface area contributed by atoms with Gasteiger partial charge in [0.25, 0.3) is 0 Å². The zero-order valence-electron chi connectivity index (χ0n) is 22.7. The van der Waals surface area contributed by atoms with Gasteiger partial charge in [-0.25, -0.2) is 4.79 Å². The van der Waals surface area contributed by atoms with Crippen molar-refractivity contribution >= 4 is 34.9 Å². The van der Waals surface area contributed by atoms with Crippen LogP contribution in [0, 0.1) is 23.2 Å². The molecule has 214 valence electrons. The Hall–Kier alpha value is -3.56. The van der Waals surface area contributed by atoms with Gasteiger partial charge in [-0.1, -0.05) is 6.07 Å². The number of aliphatic imine (C=N–C) groups is 1. The summed E-state index contributed by atoms with van der Waals surface area (Å²) in [5, 5.41) is 18.9. The van der Waals surface area contributed by atoms with Crippen LogP contribution in [0.5, 0.6) is 0 Å². The van der Waals surface area contributed by atoms with Gasteiger partial charge < -0.3 is 24.9 Å². The van der Waals surface area contributed by atoms with Crippen LogP contribution in [0.1, 0.15) is 75.2 Å². The quantitative estimate of drug-likeness (QED) is 0.365. The van der Waals surface area contributed by atoms with E-state index in [0.29, 0.717) is 43.3 Å². The Bertz CT molecular complexity index is 1280. The molecule has 4 aliphatic carbocycles. The van der Waals surface area contributed by atoms with E-state index in [1.807, 2.05) is 18.2 Å². The molecule has 0 spiro atoms. The molecule has 1 aliphatic heterocycles. The molecule has 4 fully saturated rings. The second-order valence-corrected chi connectivity index (χ2v) is 12.4. The number of carbonyl (C=O) groups excluding carboxylic acids is 2. The summed E-state index contributed by atoms with van der Waals surface area (Å²) in [7, 11) is 0. The van der Waals surface area contributed by atoms with E-state index in [2.05, 4.69) is 20.9 Å². The number of carboxylic acids is 1. The van der Waals surface area contributed by atoms with Crippen LogP contribution < -0.4 is 16.0 Å². The number of aliphatic carboxylic acids is 1.